The molecule has 0 unspecified atom stereocenters. The zero-order valence-electron chi connectivity index (χ0n) is 9.74. The average Bonchev–Trinajstić information content (AvgIpc) is 2.96. The van der Waals surface area contributed by atoms with E-state index in [-0.39, 0.29) is 22.6 Å². The molecule has 0 aliphatic heterocycles. The monoisotopic (exact) mass is 299 g/mol. The highest BCUT2D eigenvalue weighted by Gasteiger charge is 2.11. The first-order valence-electron chi connectivity index (χ1n) is 5.09. The molecular formula is C10H9N3O4S2. The fourth-order valence-corrected chi connectivity index (χ4v) is 2.83. The number of carboxylic acid groups (broad SMARTS) is 1. The smallest absolute Gasteiger partial charge is 0.345 e. The van der Waals surface area contributed by atoms with E-state index in [9.17, 15) is 9.59 Å². The highest BCUT2D eigenvalue weighted by molar-refractivity contribution is 8.00. The number of carbonyl (C=O) groups is 2. The lowest BCUT2D eigenvalue weighted by Gasteiger charge is -1.98. The van der Waals surface area contributed by atoms with Crippen molar-refractivity contribution in [3.8, 4) is 0 Å². The summed E-state index contributed by atoms with van der Waals surface area (Å²) in [4.78, 5) is 23.2. The van der Waals surface area contributed by atoms with Crippen LogP contribution in [0.5, 0.6) is 0 Å². The maximum Gasteiger partial charge on any atom is 0.345 e. The van der Waals surface area contributed by atoms with Gasteiger partial charge in [-0.2, -0.15) is 0 Å². The molecule has 1 amide bonds. The number of thiophene rings is 1. The Kier molecular flexibility index (Phi) is 4.17. The van der Waals surface area contributed by atoms with Gasteiger partial charge in [0, 0.05) is 17.2 Å². The van der Waals surface area contributed by atoms with Crippen molar-refractivity contribution in [3.63, 3.8) is 0 Å². The van der Waals surface area contributed by atoms with E-state index in [4.69, 9.17) is 9.52 Å². The molecule has 0 bridgehead atoms. The zero-order valence-corrected chi connectivity index (χ0v) is 11.4. The van der Waals surface area contributed by atoms with Gasteiger partial charge < -0.3 is 9.52 Å². The van der Waals surface area contributed by atoms with Crippen molar-refractivity contribution in [3.05, 3.63) is 22.2 Å². The van der Waals surface area contributed by atoms with Crippen molar-refractivity contribution >= 4 is 41.0 Å². The lowest BCUT2D eigenvalue weighted by Crippen LogP contribution is -2.14. The van der Waals surface area contributed by atoms with Crippen LogP contribution in [0.3, 0.4) is 0 Å². The van der Waals surface area contributed by atoms with Crippen molar-refractivity contribution in [1.29, 1.82) is 0 Å². The molecule has 0 aliphatic carbocycles. The van der Waals surface area contributed by atoms with Crippen molar-refractivity contribution in [2.45, 2.75) is 11.8 Å². The lowest BCUT2D eigenvalue weighted by molar-refractivity contribution is -0.113. The fraction of sp³-hybridized carbons (Fsp3) is 0.200. The molecule has 9 heteroatoms. The van der Waals surface area contributed by atoms with E-state index in [1.54, 1.807) is 12.3 Å². The normalized spacial score (nSPS) is 10.4. The summed E-state index contributed by atoms with van der Waals surface area (Å²) < 4.78 is 5.00. The molecule has 0 spiro atoms. The van der Waals surface area contributed by atoms with Gasteiger partial charge >= 0.3 is 12.0 Å². The van der Waals surface area contributed by atoms with Crippen LogP contribution in [0.25, 0.3) is 0 Å². The minimum absolute atomic E-state index is 0.0552. The standard InChI is InChI=1S/C10H9N3O4S2/c1-5-12-13-10(17-5)11-8(14)4-18-6-2-7(9(15)16)19-3-6/h2-3H,4H2,1H3,(H,15,16)(H,11,13,14). The molecule has 19 heavy (non-hydrogen) atoms. The Labute approximate surface area is 116 Å². The van der Waals surface area contributed by atoms with Crippen LogP contribution < -0.4 is 5.32 Å². The second kappa shape index (κ2) is 5.85. The first-order chi connectivity index (χ1) is 9.04. The number of carboxylic acids is 1. The van der Waals surface area contributed by atoms with Gasteiger partial charge in [0.25, 0.3) is 0 Å². The van der Waals surface area contributed by atoms with E-state index in [1.165, 1.54) is 17.8 Å². The van der Waals surface area contributed by atoms with E-state index in [0.29, 0.717) is 5.89 Å². The van der Waals surface area contributed by atoms with E-state index < -0.39 is 5.97 Å². The fourth-order valence-electron chi connectivity index (χ4n) is 1.16. The maximum atomic E-state index is 11.6. The third-order valence-electron chi connectivity index (χ3n) is 1.93. The summed E-state index contributed by atoms with van der Waals surface area (Å²) >= 11 is 2.36. The van der Waals surface area contributed by atoms with E-state index >= 15 is 0 Å². The van der Waals surface area contributed by atoms with Gasteiger partial charge in [-0.1, -0.05) is 5.10 Å². The number of rotatable bonds is 5. The number of amides is 1. The first kappa shape index (κ1) is 13.6. The molecular weight excluding hydrogens is 290 g/mol. The molecule has 0 aromatic carbocycles. The van der Waals surface area contributed by atoms with Crippen LogP contribution in [-0.2, 0) is 4.79 Å². The molecule has 0 saturated carbocycles. The molecule has 2 aromatic rings. The van der Waals surface area contributed by atoms with Gasteiger partial charge in [-0.25, -0.2) is 4.79 Å². The van der Waals surface area contributed by atoms with Gasteiger partial charge in [-0.05, 0) is 6.07 Å². The Hall–Kier alpha value is -1.87. The molecule has 0 fully saturated rings. The molecule has 7 nitrogen and oxygen atoms in total. The molecule has 2 aromatic heterocycles. The van der Waals surface area contributed by atoms with Crippen molar-refractivity contribution in [2.24, 2.45) is 0 Å². The van der Waals surface area contributed by atoms with Crippen LogP contribution in [-0.4, -0.2) is 32.9 Å². The Balaban J connectivity index is 1.84. The SMILES string of the molecule is Cc1nnc(NC(=O)CSc2csc(C(=O)O)c2)o1. The van der Waals surface area contributed by atoms with E-state index in [2.05, 4.69) is 15.5 Å². The van der Waals surface area contributed by atoms with Crippen molar-refractivity contribution < 1.29 is 19.1 Å². The molecule has 2 N–H and O–H groups in total. The van der Waals surface area contributed by atoms with Crippen LogP contribution in [0.4, 0.5) is 6.01 Å². The molecule has 0 atom stereocenters. The highest BCUT2D eigenvalue weighted by Crippen LogP contribution is 2.24. The summed E-state index contributed by atoms with van der Waals surface area (Å²) in [5.74, 6) is -0.761. The minimum atomic E-state index is -0.970. The maximum absolute atomic E-state index is 11.6. The average molecular weight is 299 g/mol. The second-order valence-electron chi connectivity index (χ2n) is 3.41. The number of nitrogens with one attached hydrogen (secondary N) is 1. The number of aryl methyl sites for hydroxylation is 1. The third-order valence-corrected chi connectivity index (χ3v) is 3.97. The van der Waals surface area contributed by atoms with Gasteiger partial charge in [0.1, 0.15) is 4.88 Å². The number of thioether (sulfide) groups is 1. The lowest BCUT2D eigenvalue weighted by atomic mass is 10.5. The van der Waals surface area contributed by atoms with Gasteiger partial charge in [0.05, 0.1) is 5.75 Å². The number of hydrogen-bond donors (Lipinski definition) is 2. The van der Waals surface area contributed by atoms with E-state index in [1.807, 2.05) is 0 Å². The predicted molar refractivity (Wildman–Crippen MR) is 69.7 cm³/mol. The third kappa shape index (κ3) is 3.80. The summed E-state index contributed by atoms with van der Waals surface area (Å²) in [5.41, 5.74) is 0. The Morgan fingerprint density at radius 2 is 2.32 bits per heavy atom. The molecule has 2 heterocycles. The van der Waals surface area contributed by atoms with Crippen LogP contribution in [0, 0.1) is 6.92 Å². The van der Waals surface area contributed by atoms with Crippen molar-refractivity contribution in [2.75, 3.05) is 11.1 Å². The predicted octanol–water partition coefficient (Wildman–Crippen LogP) is 1.87. The molecule has 0 radical (unpaired) electrons. The van der Waals surface area contributed by atoms with Gasteiger partial charge in [-0.15, -0.1) is 28.2 Å². The number of hydrogen-bond acceptors (Lipinski definition) is 7. The summed E-state index contributed by atoms with van der Waals surface area (Å²) in [5, 5.41) is 20.1. The summed E-state index contributed by atoms with van der Waals surface area (Å²) in [6.07, 6.45) is 0. The number of nitrogens with zero attached hydrogens (tertiary/aromatic N) is 2. The minimum Gasteiger partial charge on any atom is -0.477 e. The van der Waals surface area contributed by atoms with Gasteiger partial charge in [0.15, 0.2) is 0 Å². The highest BCUT2D eigenvalue weighted by atomic mass is 32.2. The first-order valence-corrected chi connectivity index (χ1v) is 6.95. The Morgan fingerprint density at radius 1 is 1.53 bits per heavy atom. The molecule has 100 valence electrons. The number of aromatic carboxylic acids is 1. The van der Waals surface area contributed by atoms with Crippen molar-refractivity contribution in [1.82, 2.24) is 10.2 Å². The second-order valence-corrected chi connectivity index (χ2v) is 5.37. The quantitative estimate of drug-likeness (QED) is 0.812. The van der Waals surface area contributed by atoms with Gasteiger partial charge in [0.2, 0.25) is 11.8 Å². The number of anilines is 1. The number of carbonyl (C=O) groups excluding carboxylic acids is 1. The summed E-state index contributed by atoms with van der Waals surface area (Å²) in [6.45, 7) is 1.62. The molecule has 2 rings (SSSR count). The number of aromatic nitrogens is 2. The zero-order chi connectivity index (χ0) is 13.8. The largest absolute Gasteiger partial charge is 0.477 e. The van der Waals surface area contributed by atoms with Crippen LogP contribution in [0.15, 0.2) is 20.8 Å². The van der Waals surface area contributed by atoms with Crippen LogP contribution in [0.2, 0.25) is 0 Å². The van der Waals surface area contributed by atoms with Gasteiger partial charge in [-0.3, -0.25) is 10.1 Å². The topological polar surface area (TPSA) is 105 Å². The Bertz CT molecular complexity index is 607. The summed E-state index contributed by atoms with van der Waals surface area (Å²) in [6, 6.07) is 1.58. The van der Waals surface area contributed by atoms with Crippen LogP contribution >= 0.6 is 23.1 Å². The Morgan fingerprint density at radius 3 is 2.89 bits per heavy atom. The summed E-state index contributed by atoms with van der Waals surface area (Å²) in [7, 11) is 0. The molecule has 0 saturated heterocycles. The van der Waals surface area contributed by atoms with Crippen LogP contribution in [0.1, 0.15) is 15.6 Å². The molecule has 0 aliphatic rings. The van der Waals surface area contributed by atoms with E-state index in [0.717, 1.165) is 16.2 Å².